The summed E-state index contributed by atoms with van der Waals surface area (Å²) in [5, 5.41) is 0. The Hall–Kier alpha value is -3.10. The first-order chi connectivity index (χ1) is 32.0. The molecule has 0 radical (unpaired) electrons. The van der Waals surface area contributed by atoms with E-state index in [2.05, 4.69) is 293 Å². The maximum atomic E-state index is 5.82. The van der Waals surface area contributed by atoms with E-state index in [-0.39, 0.29) is 27.1 Å². The predicted octanol–water partition coefficient (Wildman–Crippen LogP) is 21.9. The van der Waals surface area contributed by atoms with Gasteiger partial charge in [-0.1, -0.05) is 281 Å². The lowest BCUT2D eigenvalue weighted by Gasteiger charge is -2.23. The van der Waals surface area contributed by atoms with Gasteiger partial charge in [0.2, 0.25) is 0 Å². The van der Waals surface area contributed by atoms with Crippen LogP contribution in [0.15, 0.2) is 89.3 Å². The Morgan fingerprint density at radius 3 is 1.03 bits per heavy atom. The summed E-state index contributed by atoms with van der Waals surface area (Å²) in [7, 11) is 0. The molecule has 0 spiro atoms. The zero-order chi connectivity index (χ0) is 56.6. The fourth-order valence-electron chi connectivity index (χ4n) is 7.55. The van der Waals surface area contributed by atoms with E-state index < -0.39 is 0 Å². The van der Waals surface area contributed by atoms with Crippen LogP contribution < -0.4 is 0 Å². The maximum absolute atomic E-state index is 5.82. The highest BCUT2D eigenvalue weighted by Gasteiger charge is 2.22. The minimum Gasteiger partial charge on any atom is -0.466 e. The highest BCUT2D eigenvalue weighted by molar-refractivity contribution is 5.32. The summed E-state index contributed by atoms with van der Waals surface area (Å²) in [5.74, 6) is 2.18. The van der Waals surface area contributed by atoms with E-state index in [4.69, 9.17) is 9.15 Å². The van der Waals surface area contributed by atoms with E-state index in [1.807, 2.05) is 0 Å². The highest BCUT2D eigenvalue weighted by atomic mass is 16.5. The quantitative estimate of drug-likeness (QED) is 0.164. The first-order valence-electron chi connectivity index (χ1n) is 27.9. The Kier molecular flexibility index (Phi) is 26.4. The molecule has 0 aliphatic heterocycles. The second-order valence-corrected chi connectivity index (χ2v) is 32.3. The molecule has 2 nitrogen and oxygen atoms in total. The van der Waals surface area contributed by atoms with E-state index in [9.17, 15) is 0 Å². The van der Waals surface area contributed by atoms with Gasteiger partial charge in [0.05, 0.1) is 0 Å². The van der Waals surface area contributed by atoms with E-state index in [1.165, 1.54) is 46.2 Å². The van der Waals surface area contributed by atoms with Crippen molar-refractivity contribution < 1.29 is 9.15 Å². The van der Waals surface area contributed by atoms with Crippen molar-refractivity contribution in [3.63, 3.8) is 0 Å². The van der Waals surface area contributed by atoms with Crippen LogP contribution in [0.5, 0.6) is 0 Å². The second kappa shape index (κ2) is 27.6. The van der Waals surface area contributed by atoms with Gasteiger partial charge in [-0.15, -0.1) is 0 Å². The van der Waals surface area contributed by atoms with Crippen LogP contribution >= 0.6 is 0 Å². The lowest BCUT2D eigenvalue weighted by molar-refractivity contribution is 0.0994. The van der Waals surface area contributed by atoms with Crippen molar-refractivity contribution in [1.82, 2.24) is 0 Å². The van der Waals surface area contributed by atoms with Gasteiger partial charge < -0.3 is 9.15 Å². The summed E-state index contributed by atoms with van der Waals surface area (Å²) in [5.41, 5.74) is 11.6. The van der Waals surface area contributed by atoms with Crippen LogP contribution in [0.2, 0.25) is 0 Å². The number of furan rings is 1. The molecule has 2 heteroatoms. The van der Waals surface area contributed by atoms with Crippen molar-refractivity contribution in [2.75, 3.05) is 13.2 Å². The number of rotatable bonds is 8. The molecule has 0 N–H and O–H groups in total. The summed E-state index contributed by atoms with van der Waals surface area (Å²) < 4.78 is 11.4. The average Bonchev–Trinajstić information content (AvgIpc) is 3.62. The molecule has 0 bridgehead atoms. The van der Waals surface area contributed by atoms with Crippen molar-refractivity contribution in [3.8, 4) is 0 Å². The van der Waals surface area contributed by atoms with Crippen molar-refractivity contribution in [3.05, 3.63) is 130 Å². The molecule has 0 saturated carbocycles. The number of benzene rings is 3. The minimum atomic E-state index is 0.121. The van der Waals surface area contributed by atoms with Gasteiger partial charge in [0.1, 0.15) is 11.5 Å². The summed E-state index contributed by atoms with van der Waals surface area (Å²) in [4.78, 5) is 0. The molecule has 412 valence electrons. The molecule has 1 aromatic heterocycles. The number of ether oxygens (including phenoxy) is 1. The molecule has 4 rings (SSSR count). The minimum absolute atomic E-state index is 0.121. The number of hydrogen-bond donors (Lipinski definition) is 0. The fourth-order valence-corrected chi connectivity index (χ4v) is 7.55. The van der Waals surface area contributed by atoms with Gasteiger partial charge >= 0.3 is 0 Å². The largest absolute Gasteiger partial charge is 0.466 e. The highest BCUT2D eigenvalue weighted by Crippen LogP contribution is 2.31. The predicted molar refractivity (Wildman–Crippen MR) is 325 cm³/mol. The molecule has 1 heterocycles. The van der Waals surface area contributed by atoms with E-state index in [0.717, 1.165) is 50.4 Å². The summed E-state index contributed by atoms with van der Waals surface area (Å²) in [6.07, 6.45) is 6.90. The molecule has 0 fully saturated rings. The van der Waals surface area contributed by atoms with Crippen LogP contribution in [-0.2, 0) is 51.1 Å². The summed E-state index contributed by atoms with van der Waals surface area (Å²) in [6.45, 7) is 69.4. The Bertz CT molecular complexity index is 2000. The second-order valence-electron chi connectivity index (χ2n) is 32.3. The van der Waals surface area contributed by atoms with Crippen LogP contribution in [-0.4, -0.2) is 13.2 Å². The third-order valence-corrected chi connectivity index (χ3v) is 12.0. The first kappa shape index (κ1) is 68.9. The zero-order valence-corrected chi connectivity index (χ0v) is 53.6. The Labute approximate surface area is 450 Å². The fraction of sp³-hybridized carbons (Fsp3) is 0.686. The molecule has 0 atom stereocenters. The van der Waals surface area contributed by atoms with Crippen molar-refractivity contribution in [2.45, 2.75) is 273 Å². The average molecular weight is 994 g/mol. The van der Waals surface area contributed by atoms with Crippen LogP contribution in [0.4, 0.5) is 0 Å². The Morgan fingerprint density at radius 1 is 0.319 bits per heavy atom. The summed E-state index contributed by atoms with van der Waals surface area (Å²) in [6, 6.07) is 31.3. The Balaban J connectivity index is 0.000000876. The van der Waals surface area contributed by atoms with Crippen LogP contribution in [0.3, 0.4) is 0 Å². The molecule has 3 aromatic carbocycles. The van der Waals surface area contributed by atoms with Crippen LogP contribution in [0.25, 0.3) is 0 Å². The normalized spacial score (nSPS) is 13.1. The third-order valence-electron chi connectivity index (χ3n) is 12.0. The molecule has 72 heavy (non-hydrogen) atoms. The smallest absolute Gasteiger partial charge is 0.109 e. The molecule has 4 aromatic rings. The van der Waals surface area contributed by atoms with Crippen molar-refractivity contribution in [2.24, 2.45) is 27.1 Å². The SMILES string of the molecule is CC(C)(C)CCCOCCC(C)(C)C.CC(C)(C)Cc1ccc(C(C)(C)C)cc1.CC(C)(C)Cc1ccc(C(C)(C)C)o1.CC(C)(C)Cc1cccc(C(C)(C)C)c1.CC(C)(C)c1ccc(C(C)(C)C)cc1. The van der Waals surface area contributed by atoms with E-state index in [0.29, 0.717) is 27.1 Å². The molecule has 0 saturated heterocycles. The van der Waals surface area contributed by atoms with Gasteiger partial charge in [-0.3, -0.25) is 0 Å². The van der Waals surface area contributed by atoms with Gasteiger partial charge in [-0.2, -0.15) is 0 Å². The zero-order valence-electron chi connectivity index (χ0n) is 53.6. The monoisotopic (exact) mass is 993 g/mol. The molecule has 0 unspecified atom stereocenters. The van der Waals surface area contributed by atoms with Gasteiger partial charge in [0, 0.05) is 25.0 Å². The summed E-state index contributed by atoms with van der Waals surface area (Å²) >= 11 is 0. The van der Waals surface area contributed by atoms with Gasteiger partial charge in [-0.25, -0.2) is 0 Å². The third kappa shape index (κ3) is 34.4. The van der Waals surface area contributed by atoms with E-state index >= 15 is 0 Å². The molecular formula is C70H120O2. The van der Waals surface area contributed by atoms with Gasteiger partial charge in [0.25, 0.3) is 0 Å². The molecule has 0 aliphatic carbocycles. The molecular weight excluding hydrogens is 873 g/mol. The lowest BCUT2D eigenvalue weighted by atomic mass is 9.82. The topological polar surface area (TPSA) is 22.4 Å². The maximum Gasteiger partial charge on any atom is 0.109 e. The van der Waals surface area contributed by atoms with E-state index in [1.54, 1.807) is 0 Å². The van der Waals surface area contributed by atoms with Gasteiger partial charge in [0.15, 0.2) is 0 Å². The van der Waals surface area contributed by atoms with Crippen molar-refractivity contribution in [1.29, 1.82) is 0 Å². The van der Waals surface area contributed by atoms with Crippen LogP contribution in [0.1, 0.15) is 272 Å². The first-order valence-corrected chi connectivity index (χ1v) is 27.9. The lowest BCUT2D eigenvalue weighted by Crippen LogP contribution is -2.14. The number of hydrogen-bond acceptors (Lipinski definition) is 2. The molecule has 0 aliphatic rings. The van der Waals surface area contributed by atoms with Gasteiger partial charge in [-0.05, 0) is 126 Å². The standard InChI is InChI=1S/2C15H24.C14H22.C13H22O.C13H28O/c1-14(2,3)11-12-7-9-13(10-8-12)15(4,5)6;1-14(2,3)11-12-8-7-9-13(10-12)15(4,5)6;1-13(2,3)11-7-9-12(10-8-11)14(4,5)6;1-12(2,3)9-10-7-8-11(14-10)13(4,5)6;1-12(2,3)8-7-10-14-11-9-13(4,5)6/h2*7-10H,11H2,1-6H3;7-10H,1-6H3;7-8H,9H2,1-6H3;7-11H2,1-6H3. The molecule has 0 amide bonds. The van der Waals surface area contributed by atoms with Crippen molar-refractivity contribution >= 4 is 0 Å². The Morgan fingerprint density at radius 2 is 0.694 bits per heavy atom. The van der Waals surface area contributed by atoms with Crippen LogP contribution in [0, 0.1) is 27.1 Å².